The second kappa shape index (κ2) is 11.5. The van der Waals surface area contributed by atoms with Crippen molar-refractivity contribution in [3.63, 3.8) is 0 Å². The molecule has 2 aromatic carbocycles. The summed E-state index contributed by atoms with van der Waals surface area (Å²) in [6.45, 7) is 0. The molecule has 0 spiro atoms. The van der Waals surface area contributed by atoms with E-state index in [1.165, 1.54) is 28.4 Å². The molecule has 10 heteroatoms. The summed E-state index contributed by atoms with van der Waals surface area (Å²) in [6.07, 6.45) is 0. The molecule has 0 saturated heterocycles. The van der Waals surface area contributed by atoms with Crippen molar-refractivity contribution in [3.05, 3.63) is 95.6 Å². The highest BCUT2D eigenvalue weighted by Gasteiger charge is 2.17. The van der Waals surface area contributed by atoms with Crippen molar-refractivity contribution in [2.75, 3.05) is 28.4 Å². The molecule has 0 unspecified atom stereocenters. The highest BCUT2D eigenvalue weighted by Crippen LogP contribution is 2.20. The molecule has 0 fully saturated rings. The lowest BCUT2D eigenvalue weighted by atomic mass is 10.1. The number of hydrogen-bond acceptors (Lipinski definition) is 10. The van der Waals surface area contributed by atoms with Gasteiger partial charge in [-0.15, -0.1) is 10.2 Å². The van der Waals surface area contributed by atoms with Crippen LogP contribution in [0.1, 0.15) is 22.8 Å². The molecule has 10 nitrogen and oxygen atoms in total. The maximum Gasteiger partial charge on any atom is 0.220 e. The maximum absolute atomic E-state index is 5.33. The van der Waals surface area contributed by atoms with Crippen LogP contribution >= 0.6 is 0 Å². The summed E-state index contributed by atoms with van der Waals surface area (Å²) in [5.41, 5.74) is 2.29. The molecule has 0 N–H and O–H groups in total. The lowest BCUT2D eigenvalue weighted by molar-refractivity contribution is 0.370. The molecule has 2 aromatic heterocycles. The van der Waals surface area contributed by atoms with Crippen LogP contribution in [0.5, 0.6) is 23.5 Å². The number of ether oxygens (including phenoxy) is 4. The van der Waals surface area contributed by atoms with Gasteiger partial charge in [0, 0.05) is 11.1 Å². The van der Waals surface area contributed by atoms with E-state index < -0.39 is 0 Å². The first-order chi connectivity index (χ1) is 17.6. The zero-order valence-corrected chi connectivity index (χ0v) is 20.2. The summed E-state index contributed by atoms with van der Waals surface area (Å²) in [4.78, 5) is 17.9. The van der Waals surface area contributed by atoms with Gasteiger partial charge in [0.1, 0.15) is 11.4 Å². The van der Waals surface area contributed by atoms with E-state index in [0.29, 0.717) is 34.9 Å². The predicted molar refractivity (Wildman–Crippen MR) is 134 cm³/mol. The Bertz CT molecular complexity index is 1230. The van der Waals surface area contributed by atoms with Crippen LogP contribution < -0.4 is 18.9 Å². The summed E-state index contributed by atoms with van der Waals surface area (Å²) < 4.78 is 21.3. The fourth-order valence-corrected chi connectivity index (χ4v) is 3.19. The van der Waals surface area contributed by atoms with Crippen LogP contribution in [0.2, 0.25) is 0 Å². The minimum absolute atomic E-state index is 0.276. The first kappa shape index (κ1) is 24.3. The van der Waals surface area contributed by atoms with Gasteiger partial charge in [-0.05, 0) is 0 Å². The average molecular weight is 485 g/mol. The van der Waals surface area contributed by atoms with Crippen molar-refractivity contribution in [1.82, 2.24) is 19.9 Å². The largest absolute Gasteiger partial charge is 0.481 e. The van der Waals surface area contributed by atoms with Crippen molar-refractivity contribution in [3.8, 4) is 23.5 Å². The molecule has 2 heterocycles. The molecule has 36 heavy (non-hydrogen) atoms. The minimum Gasteiger partial charge on any atom is -0.481 e. The summed E-state index contributed by atoms with van der Waals surface area (Å²) in [6, 6.07) is 22.1. The Morgan fingerprint density at radius 3 is 1.08 bits per heavy atom. The molecule has 4 aromatic rings. The van der Waals surface area contributed by atoms with Gasteiger partial charge in [0.25, 0.3) is 0 Å². The van der Waals surface area contributed by atoms with Gasteiger partial charge < -0.3 is 18.9 Å². The van der Waals surface area contributed by atoms with Gasteiger partial charge in [-0.3, -0.25) is 0 Å². The molecule has 0 bridgehead atoms. The van der Waals surface area contributed by atoms with Crippen molar-refractivity contribution in [2.24, 2.45) is 10.2 Å². The van der Waals surface area contributed by atoms with Crippen molar-refractivity contribution >= 4 is 11.4 Å². The van der Waals surface area contributed by atoms with E-state index in [1.54, 1.807) is 12.1 Å². The summed E-state index contributed by atoms with van der Waals surface area (Å²) in [5.74, 6) is 1.86. The molecule has 4 rings (SSSR count). The molecule has 182 valence electrons. The average Bonchev–Trinajstić information content (AvgIpc) is 2.95. The SMILES string of the molecule is COc1cc(OC)nc(C(=NN=C(c2ccccc2)c2nc(OC)cc(OC)n2)c2ccccc2)n1. The van der Waals surface area contributed by atoms with E-state index in [9.17, 15) is 0 Å². The van der Waals surface area contributed by atoms with Gasteiger partial charge in [-0.1, -0.05) is 60.7 Å². The van der Waals surface area contributed by atoms with E-state index >= 15 is 0 Å². The number of methoxy groups -OCH3 is 4. The zero-order valence-electron chi connectivity index (χ0n) is 20.2. The summed E-state index contributed by atoms with van der Waals surface area (Å²) in [5, 5.41) is 9.17. The van der Waals surface area contributed by atoms with Crippen molar-refractivity contribution < 1.29 is 18.9 Å². The highest BCUT2D eigenvalue weighted by molar-refractivity contribution is 6.13. The summed E-state index contributed by atoms with van der Waals surface area (Å²) in [7, 11) is 6.07. The van der Waals surface area contributed by atoms with E-state index in [-0.39, 0.29) is 11.6 Å². The van der Waals surface area contributed by atoms with Gasteiger partial charge >= 0.3 is 0 Å². The van der Waals surface area contributed by atoms with E-state index in [2.05, 4.69) is 30.1 Å². The number of aromatic nitrogens is 4. The van der Waals surface area contributed by atoms with Crippen LogP contribution in [0, 0.1) is 0 Å². The predicted octanol–water partition coefficient (Wildman–Crippen LogP) is 3.59. The minimum atomic E-state index is 0.276. The molecular formula is C26H24N6O4. The Kier molecular flexibility index (Phi) is 7.76. The van der Waals surface area contributed by atoms with Crippen LogP contribution in [0.25, 0.3) is 0 Å². The Morgan fingerprint density at radius 1 is 0.500 bits per heavy atom. The van der Waals surface area contributed by atoms with Crippen molar-refractivity contribution in [2.45, 2.75) is 0 Å². The topological polar surface area (TPSA) is 113 Å². The second-order valence-electron chi connectivity index (χ2n) is 7.18. The third-order valence-electron chi connectivity index (χ3n) is 4.96. The first-order valence-electron chi connectivity index (χ1n) is 10.9. The Balaban J connectivity index is 1.95. The van der Waals surface area contributed by atoms with Crippen LogP contribution in [0.3, 0.4) is 0 Å². The number of rotatable bonds is 9. The fourth-order valence-electron chi connectivity index (χ4n) is 3.19. The standard InChI is InChI=1S/C26H24N6O4/c1-33-19-15-20(34-2)28-25(27-19)23(17-11-7-5-8-12-17)31-32-24(18-13-9-6-10-14-18)26-29-21(35-3)16-22(30-26)36-4/h5-16H,1-4H3. The highest BCUT2D eigenvalue weighted by atomic mass is 16.5. The van der Waals surface area contributed by atoms with Gasteiger partial charge in [0.2, 0.25) is 23.5 Å². The van der Waals surface area contributed by atoms with E-state index in [0.717, 1.165) is 11.1 Å². The van der Waals surface area contributed by atoms with Gasteiger partial charge in [0.15, 0.2) is 11.6 Å². The third kappa shape index (κ3) is 5.61. The molecule has 0 aliphatic carbocycles. The maximum atomic E-state index is 5.33. The Labute approximate surface area is 208 Å². The quantitative estimate of drug-likeness (QED) is 0.262. The molecule has 0 aliphatic rings. The molecule has 0 aliphatic heterocycles. The lowest BCUT2D eigenvalue weighted by Crippen LogP contribution is -2.13. The number of nitrogens with zero attached hydrogens (tertiary/aromatic N) is 6. The number of benzene rings is 2. The Morgan fingerprint density at radius 2 is 0.806 bits per heavy atom. The van der Waals surface area contributed by atoms with Gasteiger partial charge in [-0.2, -0.15) is 19.9 Å². The normalized spacial score (nSPS) is 11.7. The van der Waals surface area contributed by atoms with E-state index in [1.807, 2.05) is 60.7 Å². The van der Waals surface area contributed by atoms with Crippen LogP contribution in [0.4, 0.5) is 0 Å². The molecule has 0 atom stereocenters. The second-order valence-corrected chi connectivity index (χ2v) is 7.18. The lowest BCUT2D eigenvalue weighted by Gasteiger charge is -2.10. The third-order valence-corrected chi connectivity index (χ3v) is 4.96. The van der Waals surface area contributed by atoms with Crippen LogP contribution in [0.15, 0.2) is 83.0 Å². The van der Waals surface area contributed by atoms with Gasteiger partial charge in [-0.25, -0.2) is 0 Å². The molecule has 0 radical (unpaired) electrons. The molecule has 0 saturated carbocycles. The van der Waals surface area contributed by atoms with Gasteiger partial charge in [0.05, 0.1) is 40.6 Å². The molecular weight excluding hydrogens is 460 g/mol. The molecule has 0 amide bonds. The zero-order chi connectivity index (χ0) is 25.3. The Hall–Kier alpha value is -4.86. The van der Waals surface area contributed by atoms with Crippen LogP contribution in [-0.2, 0) is 0 Å². The smallest absolute Gasteiger partial charge is 0.220 e. The monoisotopic (exact) mass is 484 g/mol. The van der Waals surface area contributed by atoms with E-state index in [4.69, 9.17) is 18.9 Å². The number of hydrogen-bond donors (Lipinski definition) is 0. The summed E-state index contributed by atoms with van der Waals surface area (Å²) >= 11 is 0. The first-order valence-corrected chi connectivity index (χ1v) is 10.9. The fraction of sp³-hybridized carbons (Fsp3) is 0.154. The van der Waals surface area contributed by atoms with Crippen molar-refractivity contribution in [1.29, 1.82) is 0 Å². The van der Waals surface area contributed by atoms with Crippen LogP contribution in [-0.4, -0.2) is 59.8 Å².